The average molecular weight is 232 g/mol. The van der Waals surface area contributed by atoms with E-state index in [2.05, 4.69) is 10.1 Å². The van der Waals surface area contributed by atoms with Crippen molar-refractivity contribution >= 4 is 5.69 Å². The molecule has 0 radical (unpaired) electrons. The molecule has 90 valence electrons. The predicted octanol–water partition coefficient (Wildman–Crippen LogP) is 1.77. The summed E-state index contributed by atoms with van der Waals surface area (Å²) in [7, 11) is 0. The maximum Gasteiger partial charge on any atom is 0.164 e. The van der Waals surface area contributed by atoms with Gasteiger partial charge in [0, 0.05) is 12.2 Å². The Hall–Kier alpha value is -2.04. The molecule has 0 unspecified atom stereocenters. The van der Waals surface area contributed by atoms with E-state index in [9.17, 15) is 0 Å². The first-order valence-electron chi connectivity index (χ1n) is 5.56. The molecule has 0 bridgehead atoms. The average Bonchev–Trinajstić information content (AvgIpc) is 2.75. The van der Waals surface area contributed by atoms with E-state index in [0.717, 1.165) is 29.4 Å². The summed E-state index contributed by atoms with van der Waals surface area (Å²) >= 11 is 0. The van der Waals surface area contributed by atoms with Crippen LogP contribution in [0.5, 0.6) is 5.75 Å². The van der Waals surface area contributed by atoms with Crippen molar-refractivity contribution in [1.82, 2.24) is 14.8 Å². The Morgan fingerprint density at radius 3 is 2.94 bits per heavy atom. The highest BCUT2D eigenvalue weighted by atomic mass is 16.5. The van der Waals surface area contributed by atoms with Crippen molar-refractivity contribution in [2.24, 2.45) is 0 Å². The van der Waals surface area contributed by atoms with Gasteiger partial charge >= 0.3 is 0 Å². The molecule has 0 aliphatic carbocycles. The fourth-order valence-corrected chi connectivity index (χ4v) is 1.64. The van der Waals surface area contributed by atoms with Gasteiger partial charge in [0.15, 0.2) is 5.82 Å². The second-order valence-electron chi connectivity index (χ2n) is 3.81. The standard InChI is InChI=1S/C12H16N4O/c1-3-16-12(14-8-15-16)7-17-11-5-4-10(13)6-9(11)2/h4-6,8H,3,7,13H2,1-2H3. The highest BCUT2D eigenvalue weighted by molar-refractivity contribution is 5.47. The van der Waals surface area contributed by atoms with Gasteiger partial charge in [-0.1, -0.05) is 0 Å². The molecule has 2 rings (SSSR count). The van der Waals surface area contributed by atoms with Crippen LogP contribution in [0, 0.1) is 6.92 Å². The van der Waals surface area contributed by atoms with Crippen LogP contribution in [0.25, 0.3) is 0 Å². The van der Waals surface area contributed by atoms with Crippen LogP contribution in [0.15, 0.2) is 24.5 Å². The largest absolute Gasteiger partial charge is 0.485 e. The van der Waals surface area contributed by atoms with Crippen LogP contribution in [-0.4, -0.2) is 14.8 Å². The third kappa shape index (κ3) is 2.55. The number of hydrogen-bond donors (Lipinski definition) is 1. The Kier molecular flexibility index (Phi) is 3.27. The lowest BCUT2D eigenvalue weighted by Gasteiger charge is -2.09. The molecule has 0 saturated heterocycles. The number of benzene rings is 1. The van der Waals surface area contributed by atoms with Crippen molar-refractivity contribution in [3.05, 3.63) is 35.9 Å². The van der Waals surface area contributed by atoms with Crippen molar-refractivity contribution in [3.8, 4) is 5.75 Å². The Labute approximate surface area is 100 Å². The summed E-state index contributed by atoms with van der Waals surface area (Å²) in [4.78, 5) is 4.15. The Morgan fingerprint density at radius 1 is 1.41 bits per heavy atom. The van der Waals surface area contributed by atoms with E-state index in [1.54, 1.807) is 0 Å². The zero-order valence-electron chi connectivity index (χ0n) is 10.1. The van der Waals surface area contributed by atoms with Crippen molar-refractivity contribution in [1.29, 1.82) is 0 Å². The maximum atomic E-state index is 5.70. The van der Waals surface area contributed by atoms with Gasteiger partial charge in [-0.25, -0.2) is 9.67 Å². The van der Waals surface area contributed by atoms with E-state index in [1.165, 1.54) is 6.33 Å². The van der Waals surface area contributed by atoms with E-state index in [1.807, 2.05) is 36.7 Å². The number of nitrogen functional groups attached to an aromatic ring is 1. The molecule has 17 heavy (non-hydrogen) atoms. The van der Waals surface area contributed by atoms with Crippen LogP contribution in [0.3, 0.4) is 0 Å². The first-order chi connectivity index (χ1) is 8.20. The van der Waals surface area contributed by atoms with Gasteiger partial charge in [-0.2, -0.15) is 5.10 Å². The SMILES string of the molecule is CCn1ncnc1COc1ccc(N)cc1C. The van der Waals surface area contributed by atoms with E-state index in [0.29, 0.717) is 6.61 Å². The van der Waals surface area contributed by atoms with Crippen LogP contribution >= 0.6 is 0 Å². The highest BCUT2D eigenvalue weighted by Crippen LogP contribution is 2.20. The van der Waals surface area contributed by atoms with E-state index in [4.69, 9.17) is 10.5 Å². The van der Waals surface area contributed by atoms with Gasteiger partial charge in [-0.15, -0.1) is 0 Å². The predicted molar refractivity (Wildman–Crippen MR) is 65.6 cm³/mol. The quantitative estimate of drug-likeness (QED) is 0.816. The van der Waals surface area contributed by atoms with Gasteiger partial charge in [0.05, 0.1) is 0 Å². The minimum Gasteiger partial charge on any atom is -0.485 e. The molecule has 0 aliphatic heterocycles. The minimum atomic E-state index is 0.415. The second kappa shape index (κ2) is 4.86. The lowest BCUT2D eigenvalue weighted by molar-refractivity contribution is 0.285. The molecule has 1 heterocycles. The molecule has 5 nitrogen and oxygen atoms in total. The van der Waals surface area contributed by atoms with Crippen LogP contribution in [-0.2, 0) is 13.2 Å². The smallest absolute Gasteiger partial charge is 0.164 e. The van der Waals surface area contributed by atoms with Crippen molar-refractivity contribution in [2.75, 3.05) is 5.73 Å². The molecule has 0 atom stereocenters. The summed E-state index contributed by atoms with van der Waals surface area (Å²) in [6.45, 7) is 5.20. The zero-order chi connectivity index (χ0) is 12.3. The zero-order valence-corrected chi connectivity index (χ0v) is 10.1. The van der Waals surface area contributed by atoms with Gasteiger partial charge in [-0.05, 0) is 37.6 Å². The molecule has 1 aromatic carbocycles. The number of anilines is 1. The number of aryl methyl sites for hydroxylation is 2. The Bertz CT molecular complexity index is 507. The highest BCUT2D eigenvalue weighted by Gasteiger charge is 2.05. The first kappa shape index (κ1) is 11.4. The topological polar surface area (TPSA) is 66.0 Å². The third-order valence-corrected chi connectivity index (χ3v) is 2.55. The second-order valence-corrected chi connectivity index (χ2v) is 3.81. The molecule has 2 aromatic rings. The monoisotopic (exact) mass is 232 g/mol. The summed E-state index contributed by atoms with van der Waals surface area (Å²) in [5.41, 5.74) is 7.44. The van der Waals surface area contributed by atoms with Crippen molar-refractivity contribution < 1.29 is 4.74 Å². The Balaban J connectivity index is 2.07. The molecule has 0 spiro atoms. The molecular formula is C12H16N4O. The number of hydrogen-bond acceptors (Lipinski definition) is 4. The summed E-state index contributed by atoms with van der Waals surface area (Å²) in [6, 6.07) is 5.59. The van der Waals surface area contributed by atoms with E-state index in [-0.39, 0.29) is 0 Å². The fraction of sp³-hybridized carbons (Fsp3) is 0.333. The molecular weight excluding hydrogens is 216 g/mol. The van der Waals surface area contributed by atoms with Crippen LogP contribution in [0.2, 0.25) is 0 Å². The summed E-state index contributed by atoms with van der Waals surface area (Å²) in [5, 5.41) is 4.09. The number of nitrogens with zero attached hydrogens (tertiary/aromatic N) is 3. The van der Waals surface area contributed by atoms with Crippen LogP contribution in [0.1, 0.15) is 18.3 Å². The Morgan fingerprint density at radius 2 is 2.24 bits per heavy atom. The van der Waals surface area contributed by atoms with Crippen molar-refractivity contribution in [2.45, 2.75) is 27.0 Å². The molecule has 0 amide bonds. The minimum absolute atomic E-state index is 0.415. The lowest BCUT2D eigenvalue weighted by atomic mass is 10.2. The van der Waals surface area contributed by atoms with Gasteiger partial charge in [0.25, 0.3) is 0 Å². The van der Waals surface area contributed by atoms with Gasteiger partial charge in [0.1, 0.15) is 18.7 Å². The van der Waals surface area contributed by atoms with Gasteiger partial charge in [0.2, 0.25) is 0 Å². The molecule has 0 fully saturated rings. The van der Waals surface area contributed by atoms with Crippen LogP contribution < -0.4 is 10.5 Å². The normalized spacial score (nSPS) is 10.5. The van der Waals surface area contributed by atoms with Gasteiger partial charge in [-0.3, -0.25) is 0 Å². The molecule has 5 heteroatoms. The third-order valence-electron chi connectivity index (χ3n) is 2.55. The van der Waals surface area contributed by atoms with Crippen molar-refractivity contribution in [3.63, 3.8) is 0 Å². The summed E-state index contributed by atoms with van der Waals surface area (Å²) < 4.78 is 7.51. The summed E-state index contributed by atoms with van der Waals surface area (Å²) in [5.74, 6) is 1.65. The van der Waals surface area contributed by atoms with Crippen LogP contribution in [0.4, 0.5) is 5.69 Å². The van der Waals surface area contributed by atoms with Gasteiger partial charge < -0.3 is 10.5 Å². The molecule has 2 N–H and O–H groups in total. The number of nitrogens with two attached hydrogens (primary N) is 1. The first-order valence-corrected chi connectivity index (χ1v) is 5.56. The number of rotatable bonds is 4. The number of aromatic nitrogens is 3. The fourth-order valence-electron chi connectivity index (χ4n) is 1.64. The molecule has 1 aromatic heterocycles. The number of ether oxygens (including phenoxy) is 1. The maximum absolute atomic E-state index is 5.70. The summed E-state index contributed by atoms with van der Waals surface area (Å²) in [6.07, 6.45) is 1.54. The van der Waals surface area contributed by atoms with E-state index >= 15 is 0 Å². The van der Waals surface area contributed by atoms with E-state index < -0.39 is 0 Å². The molecule has 0 saturated carbocycles. The lowest BCUT2D eigenvalue weighted by Crippen LogP contribution is -2.07. The molecule has 0 aliphatic rings.